The van der Waals surface area contributed by atoms with Crippen LogP contribution in [-0.2, 0) is 14.3 Å². The summed E-state index contributed by atoms with van der Waals surface area (Å²) in [6.07, 6.45) is 2.74. The Kier molecular flexibility index (Phi) is 3.59. The molecule has 6 atom stereocenters. The summed E-state index contributed by atoms with van der Waals surface area (Å²) in [4.78, 5) is 24.8. The van der Waals surface area contributed by atoms with Crippen LogP contribution in [0.15, 0.2) is 23.5 Å². The van der Waals surface area contributed by atoms with E-state index in [9.17, 15) is 14.0 Å². The number of carbonyl (C=O) groups excluding carboxylic acids is 2. The lowest BCUT2D eigenvalue weighted by Crippen LogP contribution is -2.51. The Hall–Kier alpha value is -1.45. The Morgan fingerprint density at radius 1 is 1.16 bits per heavy atom. The molecule has 0 bridgehead atoms. The van der Waals surface area contributed by atoms with Crippen LogP contribution in [0.4, 0.5) is 4.39 Å². The molecule has 0 radical (unpaired) electrons. The van der Waals surface area contributed by atoms with Crippen LogP contribution in [0.2, 0.25) is 0 Å². The number of alkyl halides is 1. The van der Waals surface area contributed by atoms with Crippen LogP contribution in [0.5, 0.6) is 0 Å². The Bertz CT molecular complexity index is 708. The number of carbonyl (C=O) groups is 2. The Labute approximate surface area is 148 Å². The molecule has 3 nitrogen and oxygen atoms in total. The molecule has 0 aromatic carbocycles. The summed E-state index contributed by atoms with van der Waals surface area (Å²) in [7, 11) is 1.56. The van der Waals surface area contributed by atoms with Crippen molar-refractivity contribution in [1.29, 1.82) is 0 Å². The number of hydrogen-bond donors (Lipinski definition) is 0. The van der Waals surface area contributed by atoms with Crippen molar-refractivity contribution in [2.24, 2.45) is 28.6 Å². The van der Waals surface area contributed by atoms with Crippen molar-refractivity contribution in [2.75, 3.05) is 7.11 Å². The van der Waals surface area contributed by atoms with Gasteiger partial charge in [0.1, 0.15) is 0 Å². The second kappa shape index (κ2) is 5.28. The monoisotopic (exact) mass is 346 g/mol. The first kappa shape index (κ1) is 17.0. The summed E-state index contributed by atoms with van der Waals surface area (Å²) < 4.78 is 19.8. The van der Waals surface area contributed by atoms with Gasteiger partial charge < -0.3 is 4.74 Å². The van der Waals surface area contributed by atoms with Crippen LogP contribution < -0.4 is 0 Å². The third kappa shape index (κ3) is 2.03. The highest BCUT2D eigenvalue weighted by Crippen LogP contribution is 2.66. The smallest absolute Gasteiger partial charge is 0.197 e. The maximum atomic E-state index is 14.3. The molecule has 0 aromatic rings. The molecule has 25 heavy (non-hydrogen) atoms. The molecule has 136 valence electrons. The zero-order valence-corrected chi connectivity index (χ0v) is 15.4. The largest absolute Gasteiger partial charge is 0.493 e. The van der Waals surface area contributed by atoms with E-state index in [1.54, 1.807) is 7.11 Å². The van der Waals surface area contributed by atoms with Crippen LogP contribution >= 0.6 is 0 Å². The molecule has 4 heteroatoms. The summed E-state index contributed by atoms with van der Waals surface area (Å²) in [6, 6.07) is 0. The van der Waals surface area contributed by atoms with Crippen molar-refractivity contribution >= 4 is 11.6 Å². The molecule has 0 spiro atoms. The van der Waals surface area contributed by atoms with E-state index >= 15 is 0 Å². The minimum atomic E-state index is -1.31. The lowest BCUT2D eigenvalue weighted by molar-refractivity contribution is -0.135. The quantitative estimate of drug-likeness (QED) is 0.715. The number of rotatable bonds is 1. The van der Waals surface area contributed by atoms with E-state index in [-0.39, 0.29) is 28.8 Å². The molecular weight excluding hydrogens is 319 g/mol. The number of ketones is 2. The molecule has 3 fully saturated rings. The van der Waals surface area contributed by atoms with Gasteiger partial charge in [-0.15, -0.1) is 0 Å². The minimum Gasteiger partial charge on any atom is -0.493 e. The van der Waals surface area contributed by atoms with Crippen molar-refractivity contribution in [3.05, 3.63) is 23.5 Å². The molecule has 4 aliphatic rings. The van der Waals surface area contributed by atoms with Gasteiger partial charge in [0.05, 0.1) is 7.11 Å². The number of Topliss-reactive ketones (excluding diaryl/α,β-unsaturated/α-hetero) is 2. The molecular formula is C21H27FO3. The minimum absolute atomic E-state index is 0.0649. The number of halogens is 1. The molecule has 0 unspecified atom stereocenters. The summed E-state index contributed by atoms with van der Waals surface area (Å²) in [6.45, 7) is 8.47. The topological polar surface area (TPSA) is 43.4 Å². The van der Waals surface area contributed by atoms with Gasteiger partial charge in [-0.3, -0.25) is 9.59 Å². The molecule has 0 aliphatic heterocycles. The lowest BCUT2D eigenvalue weighted by Gasteiger charge is -2.57. The number of hydrogen-bond acceptors (Lipinski definition) is 3. The van der Waals surface area contributed by atoms with Gasteiger partial charge in [0, 0.05) is 22.8 Å². The van der Waals surface area contributed by atoms with E-state index in [4.69, 9.17) is 4.74 Å². The summed E-state index contributed by atoms with van der Waals surface area (Å²) >= 11 is 0. The predicted molar refractivity (Wildman–Crippen MR) is 92.5 cm³/mol. The molecule has 0 N–H and O–H groups in total. The van der Waals surface area contributed by atoms with Gasteiger partial charge in [-0.25, -0.2) is 4.39 Å². The number of methoxy groups -OCH3 is 1. The molecule has 4 aliphatic carbocycles. The fraction of sp³-hybridized carbons (Fsp3) is 0.714. The van der Waals surface area contributed by atoms with Crippen LogP contribution in [0, 0.1) is 28.6 Å². The van der Waals surface area contributed by atoms with E-state index < -0.39 is 11.6 Å². The highest BCUT2D eigenvalue weighted by molar-refractivity contribution is 5.96. The van der Waals surface area contributed by atoms with Gasteiger partial charge in [-0.2, -0.15) is 0 Å². The van der Waals surface area contributed by atoms with Crippen molar-refractivity contribution in [3.63, 3.8) is 0 Å². The van der Waals surface area contributed by atoms with E-state index in [1.165, 1.54) is 0 Å². The van der Waals surface area contributed by atoms with Crippen LogP contribution in [0.3, 0.4) is 0 Å². The van der Waals surface area contributed by atoms with Gasteiger partial charge in [-0.05, 0) is 55.4 Å². The first-order chi connectivity index (χ1) is 11.7. The fourth-order valence-electron chi connectivity index (χ4n) is 6.66. The molecule has 0 saturated heterocycles. The zero-order chi connectivity index (χ0) is 18.1. The zero-order valence-electron chi connectivity index (χ0n) is 15.4. The summed E-state index contributed by atoms with van der Waals surface area (Å²) in [5, 5.41) is 0. The van der Waals surface area contributed by atoms with E-state index in [0.29, 0.717) is 24.5 Å². The average molecular weight is 346 g/mol. The highest BCUT2D eigenvalue weighted by atomic mass is 19.1. The number of ether oxygens (including phenoxy) is 1. The Balaban J connectivity index is 1.79. The molecule has 0 aromatic heterocycles. The van der Waals surface area contributed by atoms with Crippen LogP contribution in [0.1, 0.15) is 52.4 Å². The third-order valence-electron chi connectivity index (χ3n) is 7.92. The van der Waals surface area contributed by atoms with Gasteiger partial charge in [0.15, 0.2) is 23.5 Å². The normalized spacial score (nSPS) is 46.6. The van der Waals surface area contributed by atoms with Crippen molar-refractivity contribution in [3.8, 4) is 0 Å². The van der Waals surface area contributed by atoms with Gasteiger partial charge in [0.2, 0.25) is 0 Å². The predicted octanol–water partition coefficient (Wildman–Crippen LogP) is 4.18. The number of allylic oxidation sites excluding steroid dienone is 2. The second-order valence-electron chi connectivity index (χ2n) is 8.96. The molecule has 0 amide bonds. The maximum absolute atomic E-state index is 14.3. The summed E-state index contributed by atoms with van der Waals surface area (Å²) in [5.74, 6) is 1.09. The van der Waals surface area contributed by atoms with Gasteiger partial charge in [0.25, 0.3) is 0 Å². The molecule has 4 rings (SSSR count). The average Bonchev–Trinajstić information content (AvgIpc) is 2.80. The first-order valence-electron chi connectivity index (χ1n) is 9.42. The van der Waals surface area contributed by atoms with Crippen molar-refractivity contribution < 1.29 is 18.7 Å². The van der Waals surface area contributed by atoms with E-state index in [2.05, 4.69) is 13.5 Å². The van der Waals surface area contributed by atoms with E-state index in [1.807, 2.05) is 6.92 Å². The van der Waals surface area contributed by atoms with E-state index in [0.717, 1.165) is 36.8 Å². The SMILES string of the molecule is C=C1C[C@@H]2[C@H](CC[C@]3(C)C(=O)[C@@H](F)C[C@@H]23)[C@@]2(C)CCC(=O)C(OC)=C12. The number of fused-ring (bicyclic) bond motifs is 5. The standard InChI is InChI=1S/C21H27FO3/c1-11-9-12-13(5-7-21(3)14(12)10-15(22)19(21)24)20(2)8-6-16(23)18(25-4)17(11)20/h12-15H,1,5-10H2,2-4H3/t12-,13+,14+,15+,20-,21+/m1/s1. The first-order valence-corrected chi connectivity index (χ1v) is 9.42. The Morgan fingerprint density at radius 3 is 2.56 bits per heavy atom. The van der Waals surface area contributed by atoms with Crippen LogP contribution in [-0.4, -0.2) is 24.8 Å². The lowest BCUT2D eigenvalue weighted by atomic mass is 9.46. The third-order valence-corrected chi connectivity index (χ3v) is 7.92. The van der Waals surface area contributed by atoms with Crippen LogP contribution in [0.25, 0.3) is 0 Å². The second-order valence-corrected chi connectivity index (χ2v) is 8.96. The van der Waals surface area contributed by atoms with Gasteiger partial charge in [-0.1, -0.05) is 20.4 Å². The molecule has 0 heterocycles. The summed E-state index contributed by atoms with van der Waals surface area (Å²) in [5.41, 5.74) is 1.27. The van der Waals surface area contributed by atoms with Crippen molar-refractivity contribution in [1.82, 2.24) is 0 Å². The highest BCUT2D eigenvalue weighted by Gasteiger charge is 2.62. The Morgan fingerprint density at radius 2 is 1.88 bits per heavy atom. The van der Waals surface area contributed by atoms with Gasteiger partial charge >= 0.3 is 0 Å². The fourth-order valence-corrected chi connectivity index (χ4v) is 6.66. The molecule has 3 saturated carbocycles. The maximum Gasteiger partial charge on any atom is 0.197 e. The van der Waals surface area contributed by atoms with Crippen molar-refractivity contribution in [2.45, 2.75) is 58.5 Å².